The van der Waals surface area contributed by atoms with Crippen LogP contribution in [-0.2, 0) is 11.2 Å². The highest BCUT2D eigenvalue weighted by atomic mass is 19.1. The van der Waals surface area contributed by atoms with Crippen molar-refractivity contribution in [3.05, 3.63) is 69.7 Å². The molecule has 3 aromatic rings. The Hall–Kier alpha value is -3.22. The third kappa shape index (κ3) is 4.75. The van der Waals surface area contributed by atoms with E-state index < -0.39 is 11.5 Å². The standard InChI is InChI=1S/C29H35FN4O2/c1-4-20(5-2)22-8-10-24(18(3)14-22)23-9-11-26(25(30)16-23)34-27(31-32-29(34)36)15-19-12-13-33(17-19)28(35)21-6-7-21/h8-11,14,16,19-21H,4-7,12-13,15,17H2,1-3H3,(H,32,36). The molecule has 7 heteroatoms. The third-order valence-corrected chi connectivity index (χ3v) is 7.94. The summed E-state index contributed by atoms with van der Waals surface area (Å²) in [6, 6.07) is 11.5. The van der Waals surface area contributed by atoms with E-state index in [-0.39, 0.29) is 23.4 Å². The maximum Gasteiger partial charge on any atom is 0.348 e. The van der Waals surface area contributed by atoms with E-state index in [0.717, 1.165) is 55.3 Å². The summed E-state index contributed by atoms with van der Waals surface area (Å²) in [5.41, 5.74) is 3.94. The Morgan fingerprint density at radius 1 is 1.14 bits per heavy atom. The number of aryl methyl sites for hydroxylation is 1. The predicted molar refractivity (Wildman–Crippen MR) is 139 cm³/mol. The molecule has 2 fully saturated rings. The summed E-state index contributed by atoms with van der Waals surface area (Å²) in [7, 11) is 0. The second-order valence-electron chi connectivity index (χ2n) is 10.5. The highest BCUT2D eigenvalue weighted by Crippen LogP contribution is 2.34. The van der Waals surface area contributed by atoms with Crippen molar-refractivity contribution in [3.8, 4) is 16.8 Å². The number of rotatable bonds is 8. The molecule has 2 heterocycles. The number of H-pyrrole nitrogens is 1. The van der Waals surface area contributed by atoms with E-state index in [4.69, 9.17) is 0 Å². The van der Waals surface area contributed by atoms with Gasteiger partial charge in [0.1, 0.15) is 11.6 Å². The number of carbonyl (C=O) groups excluding carboxylic acids is 1. The zero-order chi connectivity index (χ0) is 25.4. The Kier molecular flexibility index (Phi) is 6.82. The summed E-state index contributed by atoms with van der Waals surface area (Å²) >= 11 is 0. The Bertz CT molecular complexity index is 1320. The van der Waals surface area contributed by atoms with E-state index >= 15 is 4.39 Å². The van der Waals surface area contributed by atoms with E-state index in [1.807, 2.05) is 11.0 Å². The monoisotopic (exact) mass is 490 g/mol. The molecule has 1 aliphatic heterocycles. The smallest absolute Gasteiger partial charge is 0.342 e. The van der Waals surface area contributed by atoms with Gasteiger partial charge in [-0.05, 0) is 85.3 Å². The van der Waals surface area contributed by atoms with E-state index in [2.05, 4.69) is 49.2 Å². The Labute approximate surface area is 211 Å². The fourth-order valence-corrected chi connectivity index (χ4v) is 5.64. The second kappa shape index (κ2) is 10.0. The highest BCUT2D eigenvalue weighted by molar-refractivity contribution is 5.81. The van der Waals surface area contributed by atoms with Gasteiger partial charge in [0.15, 0.2) is 0 Å². The van der Waals surface area contributed by atoms with E-state index in [0.29, 0.717) is 24.7 Å². The average molecular weight is 491 g/mol. The summed E-state index contributed by atoms with van der Waals surface area (Å²) in [6.45, 7) is 7.88. The van der Waals surface area contributed by atoms with Gasteiger partial charge in [-0.15, -0.1) is 0 Å². The number of aromatic amines is 1. The van der Waals surface area contributed by atoms with Gasteiger partial charge >= 0.3 is 5.69 Å². The van der Waals surface area contributed by atoms with Crippen molar-refractivity contribution < 1.29 is 9.18 Å². The summed E-state index contributed by atoms with van der Waals surface area (Å²) in [6.07, 6.45) is 5.57. The normalized spacial score (nSPS) is 17.8. The molecule has 36 heavy (non-hydrogen) atoms. The number of carbonyl (C=O) groups is 1. The van der Waals surface area contributed by atoms with Crippen LogP contribution in [0, 0.1) is 24.6 Å². The molecule has 1 N–H and O–H groups in total. The Balaban J connectivity index is 1.37. The first-order valence-electron chi connectivity index (χ1n) is 13.3. The van der Waals surface area contributed by atoms with Gasteiger partial charge in [-0.3, -0.25) is 4.79 Å². The summed E-state index contributed by atoms with van der Waals surface area (Å²) in [4.78, 5) is 26.9. The highest BCUT2D eigenvalue weighted by Gasteiger charge is 2.37. The van der Waals surface area contributed by atoms with Crippen LogP contribution in [0.4, 0.5) is 4.39 Å². The topological polar surface area (TPSA) is 71.0 Å². The van der Waals surface area contributed by atoms with Crippen molar-refractivity contribution in [1.29, 1.82) is 0 Å². The number of nitrogens with zero attached hydrogens (tertiary/aromatic N) is 3. The van der Waals surface area contributed by atoms with Gasteiger partial charge in [-0.2, -0.15) is 5.10 Å². The van der Waals surface area contributed by atoms with Crippen LogP contribution in [0.1, 0.15) is 68.8 Å². The largest absolute Gasteiger partial charge is 0.348 e. The van der Waals surface area contributed by atoms with Gasteiger partial charge < -0.3 is 4.90 Å². The molecule has 2 aliphatic rings. The molecular weight excluding hydrogens is 455 g/mol. The zero-order valence-electron chi connectivity index (χ0n) is 21.4. The molecule has 1 unspecified atom stereocenters. The van der Waals surface area contributed by atoms with Crippen molar-refractivity contribution >= 4 is 5.91 Å². The van der Waals surface area contributed by atoms with Crippen LogP contribution in [0.2, 0.25) is 0 Å². The first-order chi connectivity index (χ1) is 17.4. The molecule has 6 nitrogen and oxygen atoms in total. The predicted octanol–water partition coefficient (Wildman–Crippen LogP) is 5.38. The Morgan fingerprint density at radius 3 is 2.58 bits per heavy atom. The molecule has 2 aromatic carbocycles. The molecule has 1 amide bonds. The molecule has 1 aromatic heterocycles. The van der Waals surface area contributed by atoms with Crippen LogP contribution in [0.25, 0.3) is 16.8 Å². The van der Waals surface area contributed by atoms with E-state index in [1.54, 1.807) is 6.07 Å². The number of hydrogen-bond acceptors (Lipinski definition) is 3. The van der Waals surface area contributed by atoms with Gasteiger partial charge in [0.25, 0.3) is 0 Å². The molecule has 5 rings (SSSR count). The van der Waals surface area contributed by atoms with Gasteiger partial charge in [0, 0.05) is 25.4 Å². The first kappa shape index (κ1) is 24.5. The lowest BCUT2D eigenvalue weighted by molar-refractivity contribution is -0.131. The number of hydrogen-bond donors (Lipinski definition) is 1. The summed E-state index contributed by atoms with van der Waals surface area (Å²) in [5, 5.41) is 6.70. The van der Waals surface area contributed by atoms with Crippen LogP contribution in [0.3, 0.4) is 0 Å². The molecule has 1 atom stereocenters. The number of aromatic nitrogens is 3. The lowest BCUT2D eigenvalue weighted by Crippen LogP contribution is -2.30. The fraction of sp³-hybridized carbons (Fsp3) is 0.483. The molecule has 1 saturated heterocycles. The number of likely N-dealkylation sites (tertiary alicyclic amines) is 1. The minimum Gasteiger partial charge on any atom is -0.342 e. The van der Waals surface area contributed by atoms with Crippen molar-refractivity contribution in [2.45, 2.75) is 65.2 Å². The maximum atomic E-state index is 15.4. The quantitative estimate of drug-likeness (QED) is 0.461. The average Bonchev–Trinajstić information content (AvgIpc) is 3.52. The molecule has 1 aliphatic carbocycles. The minimum absolute atomic E-state index is 0.197. The van der Waals surface area contributed by atoms with Crippen LogP contribution < -0.4 is 5.69 Å². The molecule has 1 saturated carbocycles. The Morgan fingerprint density at radius 2 is 1.92 bits per heavy atom. The van der Waals surface area contributed by atoms with E-state index in [1.165, 1.54) is 16.2 Å². The molecule has 0 bridgehead atoms. The lowest BCUT2D eigenvalue weighted by atomic mass is 9.90. The molecule has 0 radical (unpaired) electrons. The van der Waals surface area contributed by atoms with Crippen LogP contribution in [0.5, 0.6) is 0 Å². The van der Waals surface area contributed by atoms with Crippen molar-refractivity contribution in [3.63, 3.8) is 0 Å². The molecule has 190 valence electrons. The number of halogens is 1. The summed E-state index contributed by atoms with van der Waals surface area (Å²) < 4.78 is 16.8. The number of benzene rings is 2. The molecule has 0 spiro atoms. The van der Waals surface area contributed by atoms with Crippen molar-refractivity contribution in [2.75, 3.05) is 13.1 Å². The lowest BCUT2D eigenvalue weighted by Gasteiger charge is -2.17. The minimum atomic E-state index is -0.460. The third-order valence-electron chi connectivity index (χ3n) is 7.94. The van der Waals surface area contributed by atoms with Crippen molar-refractivity contribution in [2.24, 2.45) is 11.8 Å². The number of nitrogens with one attached hydrogen (secondary N) is 1. The SMILES string of the molecule is CCC(CC)c1ccc(-c2ccc(-n3c(CC4CCN(C(=O)C5CC5)C4)n[nH]c3=O)c(F)c2)c(C)c1. The molecular formula is C29H35FN4O2. The number of amides is 1. The van der Waals surface area contributed by atoms with E-state index in [9.17, 15) is 9.59 Å². The van der Waals surface area contributed by atoms with Gasteiger partial charge in [0.2, 0.25) is 5.91 Å². The van der Waals surface area contributed by atoms with Gasteiger partial charge in [-0.25, -0.2) is 18.9 Å². The first-order valence-corrected chi connectivity index (χ1v) is 13.3. The van der Waals surface area contributed by atoms with Crippen LogP contribution >= 0.6 is 0 Å². The van der Waals surface area contributed by atoms with Crippen molar-refractivity contribution in [1.82, 2.24) is 19.7 Å². The summed E-state index contributed by atoms with van der Waals surface area (Å²) in [5.74, 6) is 1.24. The van der Waals surface area contributed by atoms with Crippen LogP contribution in [0.15, 0.2) is 41.2 Å². The zero-order valence-corrected chi connectivity index (χ0v) is 21.4. The van der Waals surface area contributed by atoms with Crippen LogP contribution in [-0.4, -0.2) is 38.7 Å². The van der Waals surface area contributed by atoms with Gasteiger partial charge in [0.05, 0.1) is 5.69 Å². The van der Waals surface area contributed by atoms with Gasteiger partial charge in [-0.1, -0.05) is 38.1 Å². The fourth-order valence-electron chi connectivity index (χ4n) is 5.64. The maximum absolute atomic E-state index is 15.4. The second-order valence-corrected chi connectivity index (χ2v) is 10.5.